The van der Waals surface area contributed by atoms with E-state index < -0.39 is 35.4 Å². The zero-order valence-electron chi connectivity index (χ0n) is 28.2. The molecule has 0 unspecified atom stereocenters. The molecule has 0 spiro atoms. The highest BCUT2D eigenvalue weighted by Gasteiger charge is 2.29. The average molecular weight is 688 g/mol. The Bertz CT molecular complexity index is 1900. The summed E-state index contributed by atoms with van der Waals surface area (Å²) in [6.07, 6.45) is 0.698. The topological polar surface area (TPSA) is 169 Å². The number of hydrogen-bond acceptors (Lipinski definition) is 9. The van der Waals surface area contributed by atoms with Gasteiger partial charge in [0.1, 0.15) is 28.1 Å². The van der Waals surface area contributed by atoms with Gasteiger partial charge in [-0.1, -0.05) is 44.2 Å². The van der Waals surface area contributed by atoms with Gasteiger partial charge in [0.15, 0.2) is 5.69 Å². The molecule has 2 atom stereocenters. The number of oxazole rings is 1. The third-order valence-corrected chi connectivity index (χ3v) is 9.42. The number of nitrogens with zero attached hydrogens (tertiary/aromatic N) is 4. The molecule has 0 fully saturated rings. The quantitative estimate of drug-likeness (QED) is 0.292. The summed E-state index contributed by atoms with van der Waals surface area (Å²) in [6.45, 7) is 7.63. The molecule has 14 heteroatoms. The lowest BCUT2D eigenvalue weighted by molar-refractivity contribution is -0.122. The number of fused-ring (bicyclic) bond motifs is 4. The molecule has 5 rings (SSSR count). The first-order valence-corrected chi connectivity index (χ1v) is 17.1. The molecule has 49 heavy (non-hydrogen) atoms. The van der Waals surface area contributed by atoms with Crippen molar-refractivity contribution in [3.63, 3.8) is 0 Å². The van der Waals surface area contributed by atoms with E-state index in [2.05, 4.69) is 25.9 Å². The van der Waals surface area contributed by atoms with Gasteiger partial charge in [-0.3, -0.25) is 24.0 Å². The molecule has 4 aromatic rings. The maximum absolute atomic E-state index is 13.7. The normalized spacial score (nSPS) is 18.1. The summed E-state index contributed by atoms with van der Waals surface area (Å²) < 4.78 is 7.40. The van der Waals surface area contributed by atoms with Crippen LogP contribution in [0.15, 0.2) is 57.1 Å². The van der Waals surface area contributed by atoms with E-state index in [1.54, 1.807) is 32.3 Å². The van der Waals surface area contributed by atoms with Crippen LogP contribution < -0.4 is 21.5 Å². The lowest BCUT2D eigenvalue weighted by Crippen LogP contribution is -2.42. The second-order valence-electron chi connectivity index (χ2n) is 12.4. The largest absolute Gasteiger partial charge is 0.443 e. The minimum atomic E-state index is -0.674. The molecule has 1 aliphatic heterocycles. The van der Waals surface area contributed by atoms with Crippen molar-refractivity contribution in [2.24, 2.45) is 13.0 Å². The van der Waals surface area contributed by atoms with Crippen molar-refractivity contribution >= 4 is 35.0 Å². The van der Waals surface area contributed by atoms with Gasteiger partial charge in [0.25, 0.3) is 23.3 Å². The van der Waals surface area contributed by atoms with E-state index in [9.17, 15) is 24.0 Å². The number of amides is 4. The van der Waals surface area contributed by atoms with Gasteiger partial charge in [0.05, 0.1) is 6.04 Å². The van der Waals surface area contributed by atoms with Gasteiger partial charge in [-0.15, -0.1) is 11.3 Å². The molecule has 0 aliphatic carbocycles. The summed E-state index contributed by atoms with van der Waals surface area (Å²) in [6, 6.07) is 11.6. The number of pyridine rings is 1. The van der Waals surface area contributed by atoms with Crippen LogP contribution >= 0.6 is 11.3 Å². The van der Waals surface area contributed by atoms with Gasteiger partial charge in [0.2, 0.25) is 11.8 Å². The van der Waals surface area contributed by atoms with Gasteiger partial charge in [-0.2, -0.15) is 0 Å². The fourth-order valence-electron chi connectivity index (χ4n) is 5.55. The Hall–Kier alpha value is -5.11. The highest BCUT2D eigenvalue weighted by atomic mass is 32.1. The molecule has 1 aromatic carbocycles. The van der Waals surface area contributed by atoms with Crippen LogP contribution in [0.25, 0.3) is 0 Å². The summed E-state index contributed by atoms with van der Waals surface area (Å²) in [7, 11) is 1.60. The lowest BCUT2D eigenvalue weighted by atomic mass is 10.0. The molecule has 0 saturated heterocycles. The van der Waals surface area contributed by atoms with Crippen LogP contribution in [0.3, 0.4) is 0 Å². The fourth-order valence-corrected chi connectivity index (χ4v) is 6.57. The van der Waals surface area contributed by atoms with Crippen LogP contribution in [-0.2, 0) is 18.3 Å². The monoisotopic (exact) mass is 687 g/mol. The molecule has 4 amide bonds. The van der Waals surface area contributed by atoms with E-state index in [4.69, 9.17) is 4.42 Å². The number of thiazole rings is 1. The molecular weight excluding hydrogens is 646 g/mol. The third-order valence-electron chi connectivity index (χ3n) is 8.49. The average Bonchev–Trinajstić information content (AvgIpc) is 3.72. The number of benzene rings is 1. The number of nitrogens with one attached hydrogen (secondary N) is 3. The number of carbonyl (C=O) groups is 4. The van der Waals surface area contributed by atoms with Crippen molar-refractivity contribution in [1.82, 2.24) is 35.4 Å². The number of aryl methyl sites for hydroxylation is 2. The van der Waals surface area contributed by atoms with Crippen molar-refractivity contribution in [2.75, 3.05) is 19.6 Å². The van der Waals surface area contributed by atoms with Gasteiger partial charge >= 0.3 is 0 Å². The van der Waals surface area contributed by atoms with Crippen LogP contribution in [0.5, 0.6) is 0 Å². The molecular formula is C35H41N7O6S. The first kappa shape index (κ1) is 35.2. The van der Waals surface area contributed by atoms with Gasteiger partial charge < -0.3 is 29.8 Å². The number of carbonyl (C=O) groups excluding carboxylic acids is 4. The Morgan fingerprint density at radius 1 is 1.00 bits per heavy atom. The van der Waals surface area contributed by atoms with Crippen LogP contribution in [0.1, 0.15) is 98.0 Å². The van der Waals surface area contributed by atoms with Gasteiger partial charge in [0, 0.05) is 50.6 Å². The summed E-state index contributed by atoms with van der Waals surface area (Å²) in [5, 5.41) is 11.0. The maximum Gasteiger partial charge on any atom is 0.274 e. The molecule has 3 N–H and O–H groups in total. The Morgan fingerprint density at radius 3 is 2.49 bits per heavy atom. The predicted molar refractivity (Wildman–Crippen MR) is 183 cm³/mol. The van der Waals surface area contributed by atoms with Gasteiger partial charge in [-0.05, 0) is 43.9 Å². The smallest absolute Gasteiger partial charge is 0.274 e. The van der Waals surface area contributed by atoms with Crippen molar-refractivity contribution in [3.05, 3.63) is 103 Å². The Balaban J connectivity index is 1.47. The zero-order valence-corrected chi connectivity index (χ0v) is 29.1. The fraction of sp³-hybridized carbons (Fsp3) is 0.400. The maximum atomic E-state index is 13.7. The Kier molecular flexibility index (Phi) is 11.1. The highest BCUT2D eigenvalue weighted by molar-refractivity contribution is 7.09. The molecule has 13 nitrogen and oxygen atoms in total. The second-order valence-corrected chi connectivity index (χ2v) is 13.3. The highest BCUT2D eigenvalue weighted by Crippen LogP contribution is 2.27. The summed E-state index contributed by atoms with van der Waals surface area (Å²) >= 11 is 1.25. The first-order valence-electron chi connectivity index (χ1n) is 16.2. The summed E-state index contributed by atoms with van der Waals surface area (Å²) in [5.74, 6) is -1.28. The molecule has 0 saturated carbocycles. The van der Waals surface area contributed by atoms with Crippen molar-refractivity contribution < 1.29 is 23.6 Å². The SMILES string of the molecule is Cc1oc2nc1C(=O)N[C@@H](C(C)C)c1nc(cs1)C(=O)NCCN(C(=O)c1ccc(C)n(C)c1=O)CCCC(=O)N[C@H]2Cc1ccccc1. The second kappa shape index (κ2) is 15.4. The molecule has 1 aliphatic rings. The standard InChI is InChI=1S/C35H41N7O6S/c1-20(2)28-33-38-26(19-49-33)30(44)36-15-17-42(35(47)24-14-13-21(3)41(5)34(24)46)16-9-12-27(43)37-25(18-23-10-7-6-8-11-23)32-40-29(22(4)48-32)31(45)39-28/h6-8,10-11,13-14,19-20,25,28H,9,12,15-18H2,1-5H3,(H,36,44)(H,37,43)(H,39,45)/t25-,28-/m0/s1. The Morgan fingerprint density at radius 2 is 1.76 bits per heavy atom. The molecule has 0 radical (unpaired) electrons. The van der Waals surface area contributed by atoms with E-state index >= 15 is 0 Å². The van der Waals surface area contributed by atoms with Crippen LogP contribution in [0, 0.1) is 19.8 Å². The number of hydrogen-bond donors (Lipinski definition) is 3. The van der Waals surface area contributed by atoms with Crippen LogP contribution in [0.4, 0.5) is 0 Å². The van der Waals surface area contributed by atoms with E-state index in [-0.39, 0.29) is 67.1 Å². The van der Waals surface area contributed by atoms with E-state index in [1.165, 1.54) is 26.9 Å². The van der Waals surface area contributed by atoms with Crippen molar-refractivity contribution in [3.8, 4) is 0 Å². The zero-order chi connectivity index (χ0) is 35.2. The van der Waals surface area contributed by atoms with Crippen molar-refractivity contribution in [1.29, 1.82) is 0 Å². The van der Waals surface area contributed by atoms with Crippen LogP contribution in [-0.4, -0.2) is 62.7 Å². The minimum Gasteiger partial charge on any atom is -0.443 e. The molecule has 258 valence electrons. The molecule has 3 aromatic heterocycles. The minimum absolute atomic E-state index is 0.00208. The first-order chi connectivity index (χ1) is 23.4. The van der Waals surface area contributed by atoms with Crippen LogP contribution in [0.2, 0.25) is 0 Å². The summed E-state index contributed by atoms with van der Waals surface area (Å²) in [5.41, 5.74) is 1.49. The van der Waals surface area contributed by atoms with Crippen molar-refractivity contribution in [2.45, 2.75) is 59.0 Å². The molecule has 4 heterocycles. The Labute approximate surface area is 288 Å². The van der Waals surface area contributed by atoms with Gasteiger partial charge in [-0.25, -0.2) is 9.97 Å². The number of rotatable bonds is 4. The summed E-state index contributed by atoms with van der Waals surface area (Å²) in [4.78, 5) is 77.2. The van der Waals surface area contributed by atoms with E-state index in [0.717, 1.165) is 5.56 Å². The lowest BCUT2D eigenvalue weighted by Gasteiger charge is -2.23. The molecule has 4 bridgehead atoms. The predicted octanol–water partition coefficient (Wildman–Crippen LogP) is 3.64. The van der Waals surface area contributed by atoms with E-state index in [1.807, 2.05) is 44.2 Å². The third kappa shape index (κ3) is 8.31. The number of aromatic nitrogens is 3. The van der Waals surface area contributed by atoms with E-state index in [0.29, 0.717) is 22.9 Å².